The van der Waals surface area contributed by atoms with Gasteiger partial charge in [0, 0.05) is 24.5 Å². The van der Waals surface area contributed by atoms with Crippen LogP contribution in [0.4, 0.5) is 18.9 Å². The Labute approximate surface area is 187 Å². The van der Waals surface area contributed by atoms with Gasteiger partial charge in [0.1, 0.15) is 11.8 Å². The standard InChI is InChI=1S/C23H21F3N4O3/c1-14-12-29(13-27-14)19-8-7-15(11-20(19)33-2)30-10-9-18(22(30)32)28-21(31)16-5-3-4-6-17(16)23(24,25)26/h3-8,11-13,18H,9-10H2,1-2H3,(H,28,31). The van der Waals surface area contributed by atoms with Crippen molar-refractivity contribution >= 4 is 17.5 Å². The van der Waals surface area contributed by atoms with E-state index in [-0.39, 0.29) is 6.42 Å². The molecule has 2 heterocycles. The fourth-order valence-electron chi connectivity index (χ4n) is 3.84. The summed E-state index contributed by atoms with van der Waals surface area (Å²) in [5.74, 6) is -0.822. The third-order valence-corrected chi connectivity index (χ3v) is 5.45. The summed E-state index contributed by atoms with van der Waals surface area (Å²) in [4.78, 5) is 31.2. The Kier molecular flexibility index (Phi) is 5.84. The molecule has 10 heteroatoms. The first-order chi connectivity index (χ1) is 15.7. The van der Waals surface area contributed by atoms with E-state index >= 15 is 0 Å². The zero-order valence-electron chi connectivity index (χ0n) is 17.9. The average molecular weight is 458 g/mol. The second-order valence-electron chi connectivity index (χ2n) is 7.63. The molecule has 2 amide bonds. The number of imidazole rings is 1. The normalized spacial score (nSPS) is 16.2. The lowest BCUT2D eigenvalue weighted by atomic mass is 10.1. The van der Waals surface area contributed by atoms with Crippen LogP contribution in [0.3, 0.4) is 0 Å². The molecule has 0 radical (unpaired) electrons. The molecule has 0 spiro atoms. The van der Waals surface area contributed by atoms with E-state index in [1.165, 1.54) is 24.1 Å². The molecule has 0 aliphatic carbocycles. The highest BCUT2D eigenvalue weighted by atomic mass is 19.4. The lowest BCUT2D eigenvalue weighted by Crippen LogP contribution is -2.42. The molecule has 0 bridgehead atoms. The summed E-state index contributed by atoms with van der Waals surface area (Å²) in [7, 11) is 1.51. The van der Waals surface area contributed by atoms with Crippen molar-refractivity contribution in [1.82, 2.24) is 14.9 Å². The molecular weight excluding hydrogens is 437 g/mol. The van der Waals surface area contributed by atoms with Crippen LogP contribution in [0.5, 0.6) is 5.75 Å². The van der Waals surface area contributed by atoms with Crippen molar-refractivity contribution in [2.75, 3.05) is 18.6 Å². The summed E-state index contributed by atoms with van der Waals surface area (Å²) < 4.78 is 47.0. The number of benzene rings is 2. The van der Waals surface area contributed by atoms with E-state index in [0.717, 1.165) is 23.5 Å². The molecule has 1 aromatic heterocycles. The topological polar surface area (TPSA) is 76.5 Å². The molecule has 7 nitrogen and oxygen atoms in total. The van der Waals surface area contributed by atoms with Crippen LogP contribution in [0, 0.1) is 6.92 Å². The molecule has 172 valence electrons. The molecule has 2 aromatic carbocycles. The predicted molar refractivity (Wildman–Crippen MR) is 115 cm³/mol. The molecule has 1 aliphatic rings. The first kappa shape index (κ1) is 22.4. The lowest BCUT2D eigenvalue weighted by Gasteiger charge is -2.20. The number of ether oxygens (including phenoxy) is 1. The summed E-state index contributed by atoms with van der Waals surface area (Å²) in [6.45, 7) is 2.17. The number of hydrogen-bond donors (Lipinski definition) is 1. The molecule has 33 heavy (non-hydrogen) atoms. The quantitative estimate of drug-likeness (QED) is 0.632. The van der Waals surface area contributed by atoms with Gasteiger partial charge in [-0.15, -0.1) is 0 Å². The minimum absolute atomic E-state index is 0.267. The van der Waals surface area contributed by atoms with Crippen LogP contribution in [-0.4, -0.2) is 41.1 Å². The van der Waals surface area contributed by atoms with Crippen molar-refractivity contribution in [3.8, 4) is 11.4 Å². The van der Waals surface area contributed by atoms with Gasteiger partial charge < -0.3 is 19.5 Å². The van der Waals surface area contributed by atoms with E-state index in [2.05, 4.69) is 10.3 Å². The van der Waals surface area contributed by atoms with Gasteiger partial charge in [0.05, 0.1) is 35.9 Å². The number of anilines is 1. The number of carbonyl (C=O) groups is 2. The molecule has 1 saturated heterocycles. The maximum atomic E-state index is 13.2. The highest BCUT2D eigenvalue weighted by molar-refractivity contribution is 6.04. The van der Waals surface area contributed by atoms with Crippen LogP contribution < -0.4 is 15.0 Å². The third kappa shape index (κ3) is 4.41. The Balaban J connectivity index is 1.53. The first-order valence-corrected chi connectivity index (χ1v) is 10.2. The van der Waals surface area contributed by atoms with Crippen LogP contribution in [-0.2, 0) is 11.0 Å². The SMILES string of the molecule is COc1cc(N2CCC(NC(=O)c3ccccc3C(F)(F)F)C2=O)ccc1-n1cnc(C)c1. The van der Waals surface area contributed by atoms with Gasteiger partial charge in [-0.05, 0) is 37.6 Å². The molecule has 1 aliphatic heterocycles. The van der Waals surface area contributed by atoms with Gasteiger partial charge >= 0.3 is 6.18 Å². The smallest absolute Gasteiger partial charge is 0.417 e. The maximum Gasteiger partial charge on any atom is 0.417 e. The van der Waals surface area contributed by atoms with Gasteiger partial charge in [-0.2, -0.15) is 13.2 Å². The molecule has 1 N–H and O–H groups in total. The van der Waals surface area contributed by atoms with Crippen LogP contribution in [0.2, 0.25) is 0 Å². The largest absolute Gasteiger partial charge is 0.494 e. The van der Waals surface area contributed by atoms with Crippen LogP contribution in [0.1, 0.15) is 28.0 Å². The summed E-state index contributed by atoms with van der Waals surface area (Å²) in [6.07, 6.45) is -0.920. The van der Waals surface area contributed by atoms with E-state index in [1.807, 2.05) is 13.1 Å². The fourth-order valence-corrected chi connectivity index (χ4v) is 3.84. The van der Waals surface area contributed by atoms with Crippen molar-refractivity contribution in [1.29, 1.82) is 0 Å². The zero-order chi connectivity index (χ0) is 23.8. The van der Waals surface area contributed by atoms with E-state index in [0.29, 0.717) is 18.0 Å². The summed E-state index contributed by atoms with van der Waals surface area (Å²) >= 11 is 0. The molecule has 1 fully saturated rings. The Morgan fingerprint density at radius 1 is 1.21 bits per heavy atom. The van der Waals surface area contributed by atoms with Gasteiger partial charge in [0.15, 0.2) is 0 Å². The highest BCUT2D eigenvalue weighted by Gasteiger charge is 2.38. The number of aromatic nitrogens is 2. The van der Waals surface area contributed by atoms with E-state index in [4.69, 9.17) is 4.74 Å². The average Bonchev–Trinajstić information content (AvgIpc) is 3.38. The Hall–Kier alpha value is -3.82. The van der Waals surface area contributed by atoms with Crippen LogP contribution in [0.25, 0.3) is 5.69 Å². The number of carbonyl (C=O) groups excluding carboxylic acids is 2. The second-order valence-corrected chi connectivity index (χ2v) is 7.63. The number of alkyl halides is 3. The number of nitrogens with zero attached hydrogens (tertiary/aromatic N) is 3. The van der Waals surface area contributed by atoms with Gasteiger partial charge in [-0.3, -0.25) is 9.59 Å². The third-order valence-electron chi connectivity index (χ3n) is 5.45. The molecule has 1 atom stereocenters. The minimum atomic E-state index is -4.67. The lowest BCUT2D eigenvalue weighted by molar-refractivity contribution is -0.137. The minimum Gasteiger partial charge on any atom is -0.494 e. The van der Waals surface area contributed by atoms with Crippen molar-refractivity contribution in [3.63, 3.8) is 0 Å². The van der Waals surface area contributed by atoms with Crippen LogP contribution >= 0.6 is 0 Å². The molecule has 0 saturated carbocycles. The monoisotopic (exact) mass is 458 g/mol. The molecule has 1 unspecified atom stereocenters. The Morgan fingerprint density at radius 2 is 1.97 bits per heavy atom. The number of hydrogen-bond acceptors (Lipinski definition) is 4. The van der Waals surface area contributed by atoms with Gasteiger partial charge in [-0.1, -0.05) is 12.1 Å². The number of nitrogens with one attached hydrogen (secondary N) is 1. The van der Waals surface area contributed by atoms with E-state index in [9.17, 15) is 22.8 Å². The number of halogens is 3. The number of aryl methyl sites for hydroxylation is 1. The summed E-state index contributed by atoms with van der Waals surface area (Å²) in [5, 5.41) is 2.45. The predicted octanol–water partition coefficient (Wildman–Crippen LogP) is 3.74. The summed E-state index contributed by atoms with van der Waals surface area (Å²) in [6, 6.07) is 8.80. The Bertz CT molecular complexity index is 1210. The van der Waals surface area contributed by atoms with Crippen molar-refractivity contribution in [2.24, 2.45) is 0 Å². The first-order valence-electron chi connectivity index (χ1n) is 10.2. The zero-order valence-corrected chi connectivity index (χ0v) is 17.9. The van der Waals surface area contributed by atoms with Crippen molar-refractivity contribution in [3.05, 3.63) is 71.8 Å². The summed E-state index contributed by atoms with van der Waals surface area (Å²) in [5.41, 5.74) is 0.575. The number of methoxy groups -OCH3 is 1. The van der Waals surface area contributed by atoms with Gasteiger partial charge in [0.2, 0.25) is 5.91 Å². The van der Waals surface area contributed by atoms with Crippen molar-refractivity contribution in [2.45, 2.75) is 25.6 Å². The van der Waals surface area contributed by atoms with Crippen LogP contribution in [0.15, 0.2) is 55.0 Å². The number of rotatable bonds is 5. The second kappa shape index (κ2) is 8.61. The fraction of sp³-hybridized carbons (Fsp3) is 0.261. The van der Waals surface area contributed by atoms with Gasteiger partial charge in [0.25, 0.3) is 5.91 Å². The Morgan fingerprint density at radius 3 is 2.64 bits per heavy atom. The van der Waals surface area contributed by atoms with Gasteiger partial charge in [-0.25, -0.2) is 4.98 Å². The van der Waals surface area contributed by atoms with E-state index < -0.39 is 35.2 Å². The van der Waals surface area contributed by atoms with E-state index in [1.54, 1.807) is 29.1 Å². The number of amides is 2. The van der Waals surface area contributed by atoms with Crippen molar-refractivity contribution < 1.29 is 27.5 Å². The molecular formula is C23H21F3N4O3. The maximum absolute atomic E-state index is 13.2. The molecule has 3 aromatic rings. The highest BCUT2D eigenvalue weighted by Crippen LogP contribution is 2.33. The molecule has 4 rings (SSSR count).